The number of methoxy groups -OCH3 is 1. The Balaban J connectivity index is 2.01. The number of rotatable bonds is 8. The third kappa shape index (κ3) is 4.62. The summed E-state index contributed by atoms with van der Waals surface area (Å²) in [6, 6.07) is 7.12. The van der Waals surface area contributed by atoms with Gasteiger partial charge in [0.15, 0.2) is 11.5 Å². The van der Waals surface area contributed by atoms with Crippen molar-refractivity contribution in [2.24, 2.45) is 11.8 Å². The third-order valence-corrected chi connectivity index (χ3v) is 4.79. The van der Waals surface area contributed by atoms with Gasteiger partial charge in [-0.1, -0.05) is 19.9 Å². The maximum atomic E-state index is 12.8. The van der Waals surface area contributed by atoms with Crippen LogP contribution in [-0.2, 0) is 4.79 Å². The molecule has 2 aromatic rings. The first-order chi connectivity index (χ1) is 13.8. The number of benzene rings is 1. The Morgan fingerprint density at radius 1 is 1.21 bits per heavy atom. The molecule has 3 rings (SSSR count). The summed E-state index contributed by atoms with van der Waals surface area (Å²) in [6.07, 6.45) is 3.28. The smallest absolute Gasteiger partial charge is 0.228 e. The molecule has 0 unspecified atom stereocenters. The van der Waals surface area contributed by atoms with Gasteiger partial charge in [-0.2, -0.15) is 0 Å². The topological polar surface area (TPSA) is 104 Å². The van der Waals surface area contributed by atoms with Crippen molar-refractivity contribution in [3.05, 3.63) is 41.6 Å². The molecule has 29 heavy (non-hydrogen) atoms. The van der Waals surface area contributed by atoms with Crippen molar-refractivity contribution in [1.82, 2.24) is 4.98 Å². The zero-order valence-electron chi connectivity index (χ0n) is 17.1. The van der Waals surface area contributed by atoms with Crippen LogP contribution in [0, 0.1) is 17.2 Å². The third-order valence-electron chi connectivity index (χ3n) is 4.79. The lowest BCUT2D eigenvalue weighted by atomic mass is 10.1. The predicted octanol–water partition coefficient (Wildman–Crippen LogP) is 4.41. The van der Waals surface area contributed by atoms with Gasteiger partial charge in [-0.15, -0.1) is 0 Å². The number of nitrogens with one attached hydrogen (secondary N) is 3. The maximum absolute atomic E-state index is 12.8. The first-order valence-electron chi connectivity index (χ1n) is 9.66. The van der Waals surface area contributed by atoms with E-state index in [0.29, 0.717) is 39.8 Å². The molecule has 0 radical (unpaired) electrons. The molecule has 1 aliphatic carbocycles. The number of anilines is 3. The molecular formula is C22H26N4O3. The molecular weight excluding hydrogens is 368 g/mol. The minimum Gasteiger partial charge on any atom is -0.494 e. The van der Waals surface area contributed by atoms with E-state index in [2.05, 4.69) is 15.6 Å². The molecule has 1 aliphatic rings. The van der Waals surface area contributed by atoms with Crippen LogP contribution in [0.25, 0.3) is 0 Å². The minimum absolute atomic E-state index is 0.0329. The van der Waals surface area contributed by atoms with Crippen LogP contribution in [-0.4, -0.2) is 29.5 Å². The number of nitrogens with zero attached hydrogens (tertiary/aromatic N) is 1. The summed E-state index contributed by atoms with van der Waals surface area (Å²) >= 11 is 0. The fourth-order valence-corrected chi connectivity index (χ4v) is 2.96. The van der Waals surface area contributed by atoms with Crippen LogP contribution in [0.3, 0.4) is 0 Å². The Kier molecular flexibility index (Phi) is 5.96. The number of amides is 1. The lowest BCUT2D eigenvalue weighted by molar-refractivity contribution is -0.118. The van der Waals surface area contributed by atoms with Gasteiger partial charge in [0.05, 0.1) is 24.0 Å². The number of para-hydroxylation sites is 1. The number of hydrogen-bond acceptors (Lipinski definition) is 6. The summed E-state index contributed by atoms with van der Waals surface area (Å²) in [5.41, 5.74) is 2.70. The average molecular weight is 394 g/mol. The summed E-state index contributed by atoms with van der Waals surface area (Å²) < 4.78 is 5.52. The highest BCUT2D eigenvalue weighted by atomic mass is 16.5. The molecule has 1 aromatic carbocycles. The van der Waals surface area contributed by atoms with E-state index in [9.17, 15) is 9.59 Å². The highest BCUT2D eigenvalue weighted by molar-refractivity contribution is 6.06. The Hall–Kier alpha value is -3.22. The predicted molar refractivity (Wildman–Crippen MR) is 114 cm³/mol. The number of pyridine rings is 1. The van der Waals surface area contributed by atoms with Gasteiger partial charge in [0, 0.05) is 35.4 Å². The van der Waals surface area contributed by atoms with E-state index >= 15 is 0 Å². The Labute approximate surface area is 170 Å². The van der Waals surface area contributed by atoms with E-state index in [1.807, 2.05) is 18.2 Å². The average Bonchev–Trinajstić information content (AvgIpc) is 3.52. The van der Waals surface area contributed by atoms with Crippen molar-refractivity contribution < 1.29 is 14.3 Å². The number of carbonyl (C=O) groups is 2. The molecule has 0 saturated heterocycles. The molecule has 0 bridgehead atoms. The Bertz CT molecular complexity index is 965. The molecule has 1 fully saturated rings. The quantitative estimate of drug-likeness (QED) is 0.454. The van der Waals surface area contributed by atoms with Gasteiger partial charge in [-0.05, 0) is 31.9 Å². The molecule has 3 N–H and O–H groups in total. The fourth-order valence-electron chi connectivity index (χ4n) is 2.96. The van der Waals surface area contributed by atoms with Gasteiger partial charge in [0.25, 0.3) is 0 Å². The Morgan fingerprint density at radius 2 is 1.93 bits per heavy atom. The zero-order valence-corrected chi connectivity index (χ0v) is 17.1. The molecule has 1 amide bonds. The first-order valence-corrected chi connectivity index (χ1v) is 9.66. The van der Waals surface area contributed by atoms with Crippen molar-refractivity contribution in [2.45, 2.75) is 33.6 Å². The maximum Gasteiger partial charge on any atom is 0.228 e. The second-order valence-corrected chi connectivity index (χ2v) is 7.53. The van der Waals surface area contributed by atoms with Crippen LogP contribution in [0.5, 0.6) is 5.75 Å². The number of carbonyl (C=O) groups excluding carboxylic acids is 2. The number of hydrogen-bond donors (Lipinski definition) is 3. The molecule has 7 heteroatoms. The van der Waals surface area contributed by atoms with E-state index in [1.54, 1.807) is 33.9 Å². The van der Waals surface area contributed by atoms with E-state index in [1.165, 1.54) is 6.20 Å². The minimum atomic E-state index is -0.187. The standard InChI is InChI=1S/C22H26N4O3/c1-12(2)22(28)26-19-10-18(16(11-24-19)20(27)14-8-9-14)25-17-7-5-6-15(13(3)23)21(17)29-4/h5-7,10-12,14,23H,8-9H2,1-4H3,(H2,24,25,26,28). The summed E-state index contributed by atoms with van der Waals surface area (Å²) in [4.78, 5) is 29.1. The lowest BCUT2D eigenvalue weighted by Crippen LogP contribution is -2.19. The van der Waals surface area contributed by atoms with Crippen molar-refractivity contribution in [3.63, 3.8) is 0 Å². The first kappa shape index (κ1) is 20.5. The summed E-state index contributed by atoms with van der Waals surface area (Å²) in [5, 5.41) is 14.0. The van der Waals surface area contributed by atoms with Crippen molar-refractivity contribution in [2.75, 3.05) is 17.7 Å². The highest BCUT2D eigenvalue weighted by Crippen LogP contribution is 2.37. The summed E-state index contributed by atoms with van der Waals surface area (Å²) in [5.74, 6) is 0.633. The van der Waals surface area contributed by atoms with Crippen molar-refractivity contribution in [3.8, 4) is 5.75 Å². The van der Waals surface area contributed by atoms with Crippen molar-refractivity contribution >= 4 is 34.6 Å². The van der Waals surface area contributed by atoms with Gasteiger partial charge in [-0.3, -0.25) is 9.59 Å². The number of Topliss-reactive ketones (excluding diaryl/α,β-unsaturated/α-hetero) is 1. The highest BCUT2D eigenvalue weighted by Gasteiger charge is 2.32. The van der Waals surface area contributed by atoms with Crippen LogP contribution < -0.4 is 15.4 Å². The molecule has 7 nitrogen and oxygen atoms in total. The van der Waals surface area contributed by atoms with Crippen molar-refractivity contribution in [1.29, 1.82) is 5.41 Å². The van der Waals surface area contributed by atoms with Gasteiger partial charge < -0.3 is 20.8 Å². The molecule has 1 heterocycles. The number of ether oxygens (including phenoxy) is 1. The zero-order chi connectivity index (χ0) is 21.1. The van der Waals surface area contributed by atoms with Crippen LogP contribution in [0.2, 0.25) is 0 Å². The van der Waals surface area contributed by atoms with Crippen LogP contribution in [0.15, 0.2) is 30.5 Å². The van der Waals surface area contributed by atoms with E-state index in [-0.39, 0.29) is 23.5 Å². The van der Waals surface area contributed by atoms with Crippen LogP contribution in [0.1, 0.15) is 49.5 Å². The van der Waals surface area contributed by atoms with Crippen LogP contribution >= 0.6 is 0 Å². The van der Waals surface area contributed by atoms with E-state index < -0.39 is 0 Å². The SMILES string of the molecule is COc1c(Nc2cc(NC(=O)C(C)C)ncc2C(=O)C2CC2)cccc1C(C)=N. The number of aromatic nitrogens is 1. The molecule has 152 valence electrons. The summed E-state index contributed by atoms with van der Waals surface area (Å²) in [7, 11) is 1.55. The van der Waals surface area contributed by atoms with E-state index in [4.69, 9.17) is 10.1 Å². The molecule has 0 spiro atoms. The lowest BCUT2D eigenvalue weighted by Gasteiger charge is -2.17. The molecule has 1 aromatic heterocycles. The monoisotopic (exact) mass is 394 g/mol. The normalized spacial score (nSPS) is 13.1. The molecule has 1 saturated carbocycles. The van der Waals surface area contributed by atoms with Crippen LogP contribution in [0.4, 0.5) is 17.2 Å². The largest absolute Gasteiger partial charge is 0.494 e. The summed E-state index contributed by atoms with van der Waals surface area (Å²) in [6.45, 7) is 5.29. The second-order valence-electron chi connectivity index (χ2n) is 7.53. The molecule has 0 atom stereocenters. The van der Waals surface area contributed by atoms with Gasteiger partial charge in [0.2, 0.25) is 5.91 Å². The van der Waals surface area contributed by atoms with E-state index in [0.717, 1.165) is 12.8 Å². The molecule has 0 aliphatic heterocycles. The second kappa shape index (κ2) is 8.43. The van der Waals surface area contributed by atoms with Gasteiger partial charge >= 0.3 is 0 Å². The van der Waals surface area contributed by atoms with Gasteiger partial charge in [0.1, 0.15) is 5.82 Å². The Morgan fingerprint density at radius 3 is 2.52 bits per heavy atom. The fraction of sp³-hybridized carbons (Fsp3) is 0.364. The number of ketones is 1. The van der Waals surface area contributed by atoms with Gasteiger partial charge in [-0.25, -0.2) is 4.98 Å².